The zero-order valence-corrected chi connectivity index (χ0v) is 22.8. The van der Waals surface area contributed by atoms with Crippen LogP contribution in [0, 0.1) is 32.4 Å². The lowest BCUT2D eigenvalue weighted by Crippen LogP contribution is -2.44. The molecule has 0 aromatic heterocycles. The van der Waals surface area contributed by atoms with Crippen molar-refractivity contribution in [2.75, 3.05) is 17.2 Å². The molecule has 1 aliphatic rings. The number of aliphatic carboxylic acids is 1. The van der Waals surface area contributed by atoms with Gasteiger partial charge in [-0.25, -0.2) is 13.6 Å². The molecule has 0 saturated heterocycles. The number of rotatable bonds is 7. The third-order valence-electron chi connectivity index (χ3n) is 7.25. The molecule has 7 nitrogen and oxygen atoms in total. The number of carboxylic acids is 1. The molecule has 210 valence electrons. The maximum Gasteiger partial charge on any atom is 0.323 e. The number of halogens is 2. The molecule has 3 amide bonds. The second-order valence-electron chi connectivity index (χ2n) is 10.4. The summed E-state index contributed by atoms with van der Waals surface area (Å²) < 4.78 is 27.6. The van der Waals surface area contributed by atoms with Gasteiger partial charge in [0.1, 0.15) is 6.54 Å². The predicted octanol–water partition coefficient (Wildman–Crippen LogP) is 7.06. The molecule has 0 atom stereocenters. The van der Waals surface area contributed by atoms with Gasteiger partial charge in [-0.15, -0.1) is 0 Å². The van der Waals surface area contributed by atoms with Gasteiger partial charge in [-0.1, -0.05) is 49.1 Å². The number of anilines is 2. The van der Waals surface area contributed by atoms with Crippen molar-refractivity contribution in [3.8, 4) is 11.1 Å². The third kappa shape index (κ3) is 6.65. The SMILES string of the molecule is Cc1cc(C)c(NC(=O)Nc2cc(-c3ccc(F)c(F)c3)ccc2C(=O)N(CC(=O)O)C2CCCCC2)c(C)c1. The summed E-state index contributed by atoms with van der Waals surface area (Å²) in [5.41, 5.74) is 4.42. The number of benzene rings is 3. The molecule has 40 heavy (non-hydrogen) atoms. The molecule has 0 heterocycles. The van der Waals surface area contributed by atoms with Crippen LogP contribution in [-0.2, 0) is 4.79 Å². The van der Waals surface area contributed by atoms with Gasteiger partial charge in [0.25, 0.3) is 5.91 Å². The minimum absolute atomic E-state index is 0.102. The van der Waals surface area contributed by atoms with Gasteiger partial charge < -0.3 is 20.6 Å². The molecule has 3 N–H and O–H groups in total. The van der Waals surface area contributed by atoms with Gasteiger partial charge in [-0.3, -0.25) is 9.59 Å². The van der Waals surface area contributed by atoms with Crippen LogP contribution in [0.25, 0.3) is 11.1 Å². The molecule has 0 bridgehead atoms. The maximum atomic E-state index is 14.0. The van der Waals surface area contributed by atoms with E-state index in [1.807, 2.05) is 32.9 Å². The van der Waals surface area contributed by atoms with E-state index in [0.29, 0.717) is 29.7 Å². The van der Waals surface area contributed by atoms with Gasteiger partial charge in [0.15, 0.2) is 11.6 Å². The van der Waals surface area contributed by atoms with Crippen LogP contribution in [-0.4, -0.2) is 40.5 Å². The minimum atomic E-state index is -1.13. The van der Waals surface area contributed by atoms with Crippen LogP contribution in [0.5, 0.6) is 0 Å². The number of hydrogen-bond donors (Lipinski definition) is 3. The second kappa shape index (κ2) is 12.3. The number of nitrogens with one attached hydrogen (secondary N) is 2. The quantitative estimate of drug-likeness (QED) is 0.294. The van der Waals surface area contributed by atoms with Crippen molar-refractivity contribution < 1.29 is 28.3 Å². The Morgan fingerprint density at radius 2 is 1.48 bits per heavy atom. The summed E-state index contributed by atoms with van der Waals surface area (Å²) in [6.07, 6.45) is 4.21. The molecule has 9 heteroatoms. The van der Waals surface area contributed by atoms with Crippen molar-refractivity contribution in [2.24, 2.45) is 0 Å². The standard InChI is InChI=1S/C31H33F2N3O4/c1-18-13-19(2)29(20(3)14-18)35-31(40)34-27-16-22(21-10-12-25(32)26(33)15-21)9-11-24(27)30(39)36(17-28(37)38)23-7-5-4-6-8-23/h9-16,23H,4-8,17H2,1-3H3,(H,37,38)(H2,34,35,40). The van der Waals surface area contributed by atoms with Crippen LogP contribution in [0.2, 0.25) is 0 Å². The van der Waals surface area contributed by atoms with Gasteiger partial charge in [-0.2, -0.15) is 0 Å². The summed E-state index contributed by atoms with van der Waals surface area (Å²) in [6.45, 7) is 5.24. The Bertz CT molecular complexity index is 1430. The molecule has 3 aromatic carbocycles. The van der Waals surface area contributed by atoms with Crippen LogP contribution >= 0.6 is 0 Å². The molecule has 0 spiro atoms. The van der Waals surface area contributed by atoms with Crippen molar-refractivity contribution in [2.45, 2.75) is 58.9 Å². The molecular formula is C31H33F2N3O4. The van der Waals surface area contributed by atoms with E-state index in [-0.39, 0.29) is 17.3 Å². The first-order valence-electron chi connectivity index (χ1n) is 13.3. The molecule has 1 fully saturated rings. The lowest BCUT2D eigenvalue weighted by Gasteiger charge is -2.33. The number of amides is 3. The monoisotopic (exact) mass is 549 g/mol. The van der Waals surface area contributed by atoms with E-state index in [4.69, 9.17) is 0 Å². The lowest BCUT2D eigenvalue weighted by molar-refractivity contribution is -0.138. The van der Waals surface area contributed by atoms with Gasteiger partial charge in [0.2, 0.25) is 0 Å². The lowest BCUT2D eigenvalue weighted by atomic mass is 9.93. The maximum absolute atomic E-state index is 14.0. The summed E-state index contributed by atoms with van der Waals surface area (Å²) in [5, 5.41) is 15.1. The fourth-order valence-electron chi connectivity index (χ4n) is 5.39. The first-order valence-corrected chi connectivity index (χ1v) is 13.3. The average molecular weight is 550 g/mol. The minimum Gasteiger partial charge on any atom is -0.480 e. The predicted molar refractivity (Wildman–Crippen MR) is 151 cm³/mol. The molecule has 0 aliphatic heterocycles. The molecule has 1 saturated carbocycles. The average Bonchev–Trinajstić information content (AvgIpc) is 2.91. The molecule has 4 rings (SSSR count). The van der Waals surface area contributed by atoms with E-state index >= 15 is 0 Å². The number of carbonyl (C=O) groups excluding carboxylic acids is 2. The van der Waals surface area contributed by atoms with E-state index in [0.717, 1.165) is 48.1 Å². The molecular weight excluding hydrogens is 516 g/mol. The number of nitrogens with zero attached hydrogens (tertiary/aromatic N) is 1. The normalized spacial score (nSPS) is 13.5. The van der Waals surface area contributed by atoms with Gasteiger partial charge in [0, 0.05) is 11.7 Å². The van der Waals surface area contributed by atoms with Crippen molar-refractivity contribution in [1.29, 1.82) is 0 Å². The van der Waals surface area contributed by atoms with Gasteiger partial charge in [0.05, 0.1) is 11.3 Å². The molecule has 3 aromatic rings. The number of carboxylic acid groups (broad SMARTS) is 1. The first kappa shape index (κ1) is 28.7. The third-order valence-corrected chi connectivity index (χ3v) is 7.25. The van der Waals surface area contributed by atoms with Gasteiger partial charge >= 0.3 is 12.0 Å². The van der Waals surface area contributed by atoms with E-state index in [2.05, 4.69) is 10.6 Å². The Labute approximate surface area is 232 Å². The van der Waals surface area contributed by atoms with Gasteiger partial charge in [-0.05, 0) is 80.1 Å². The van der Waals surface area contributed by atoms with E-state index in [1.54, 1.807) is 6.07 Å². The molecule has 0 radical (unpaired) electrons. The van der Waals surface area contributed by atoms with Crippen molar-refractivity contribution in [1.82, 2.24) is 4.90 Å². The molecule has 1 aliphatic carbocycles. The Morgan fingerprint density at radius 3 is 2.10 bits per heavy atom. The van der Waals surface area contributed by atoms with E-state index in [1.165, 1.54) is 23.1 Å². The fraction of sp³-hybridized carbons (Fsp3) is 0.323. The smallest absolute Gasteiger partial charge is 0.323 e. The number of carbonyl (C=O) groups is 3. The zero-order chi connectivity index (χ0) is 29.0. The number of aryl methyl sites for hydroxylation is 3. The highest BCUT2D eigenvalue weighted by atomic mass is 19.2. The zero-order valence-electron chi connectivity index (χ0n) is 22.8. The van der Waals surface area contributed by atoms with E-state index < -0.39 is 36.1 Å². The van der Waals surface area contributed by atoms with Crippen LogP contribution in [0.4, 0.5) is 25.0 Å². The van der Waals surface area contributed by atoms with Crippen LogP contribution in [0.1, 0.15) is 59.2 Å². The summed E-state index contributed by atoms with van der Waals surface area (Å²) >= 11 is 0. The van der Waals surface area contributed by atoms with Crippen molar-refractivity contribution in [3.63, 3.8) is 0 Å². The van der Waals surface area contributed by atoms with Crippen LogP contribution in [0.3, 0.4) is 0 Å². The summed E-state index contributed by atoms with van der Waals surface area (Å²) in [7, 11) is 0. The highest BCUT2D eigenvalue weighted by Gasteiger charge is 2.30. The highest BCUT2D eigenvalue weighted by molar-refractivity contribution is 6.08. The summed E-state index contributed by atoms with van der Waals surface area (Å²) in [4.78, 5) is 40.1. The Balaban J connectivity index is 1.72. The number of hydrogen-bond acceptors (Lipinski definition) is 3. The number of urea groups is 1. The summed E-state index contributed by atoms with van der Waals surface area (Å²) in [6, 6.07) is 11.0. The molecule has 0 unspecified atom stereocenters. The summed E-state index contributed by atoms with van der Waals surface area (Å²) in [5.74, 6) is -3.67. The van der Waals surface area contributed by atoms with E-state index in [9.17, 15) is 28.3 Å². The highest BCUT2D eigenvalue weighted by Crippen LogP contribution is 2.31. The Morgan fingerprint density at radius 1 is 0.850 bits per heavy atom. The first-order chi connectivity index (χ1) is 19.0. The van der Waals surface area contributed by atoms with Crippen LogP contribution in [0.15, 0.2) is 48.5 Å². The second-order valence-corrected chi connectivity index (χ2v) is 10.4. The fourth-order valence-corrected chi connectivity index (χ4v) is 5.39. The Hall–Kier alpha value is -4.27. The Kier molecular flexibility index (Phi) is 8.82. The van der Waals surface area contributed by atoms with Crippen LogP contribution < -0.4 is 10.6 Å². The van der Waals surface area contributed by atoms with Crippen molar-refractivity contribution in [3.05, 3.63) is 82.4 Å². The van der Waals surface area contributed by atoms with Crippen molar-refractivity contribution >= 4 is 29.3 Å². The largest absolute Gasteiger partial charge is 0.480 e. The topological polar surface area (TPSA) is 98.7 Å².